The highest BCUT2D eigenvalue weighted by molar-refractivity contribution is 5.96. The first-order valence-corrected chi connectivity index (χ1v) is 11.6. The largest absolute Gasteiger partial charge is 0.493 e. The van der Waals surface area contributed by atoms with Crippen molar-refractivity contribution in [1.82, 2.24) is 10.2 Å². The molecular formula is C27H36N2O4. The third-order valence-corrected chi connectivity index (χ3v) is 6.01. The molecule has 6 heteroatoms. The predicted octanol–water partition coefficient (Wildman–Crippen LogP) is 4.79. The highest BCUT2D eigenvalue weighted by Gasteiger charge is 2.23. The maximum absolute atomic E-state index is 13.7. The van der Waals surface area contributed by atoms with E-state index in [9.17, 15) is 4.79 Å². The van der Waals surface area contributed by atoms with Crippen molar-refractivity contribution in [1.29, 1.82) is 0 Å². The van der Waals surface area contributed by atoms with E-state index in [4.69, 9.17) is 14.2 Å². The molecule has 0 aromatic heterocycles. The van der Waals surface area contributed by atoms with Crippen LogP contribution in [0.4, 0.5) is 0 Å². The van der Waals surface area contributed by atoms with E-state index < -0.39 is 0 Å². The van der Waals surface area contributed by atoms with Gasteiger partial charge in [-0.15, -0.1) is 0 Å². The molecule has 33 heavy (non-hydrogen) atoms. The van der Waals surface area contributed by atoms with Gasteiger partial charge in [0, 0.05) is 24.7 Å². The van der Waals surface area contributed by atoms with Gasteiger partial charge in [0.2, 0.25) is 5.75 Å². The molecule has 178 valence electrons. The molecule has 0 bridgehead atoms. The first-order chi connectivity index (χ1) is 16.0. The van der Waals surface area contributed by atoms with Gasteiger partial charge in [-0.3, -0.25) is 4.79 Å². The summed E-state index contributed by atoms with van der Waals surface area (Å²) in [5, 5.41) is 3.59. The summed E-state index contributed by atoms with van der Waals surface area (Å²) in [5.41, 5.74) is 2.77. The lowest BCUT2D eigenvalue weighted by Crippen LogP contribution is -2.40. The Morgan fingerprint density at radius 2 is 1.76 bits per heavy atom. The second-order valence-electron chi connectivity index (χ2n) is 8.48. The number of methoxy groups -OCH3 is 3. The third-order valence-electron chi connectivity index (χ3n) is 6.01. The molecule has 1 aliphatic heterocycles. The summed E-state index contributed by atoms with van der Waals surface area (Å²) in [4.78, 5) is 15.6. The Labute approximate surface area is 197 Å². The molecular weight excluding hydrogens is 416 g/mol. The lowest BCUT2D eigenvalue weighted by atomic mass is 10.0. The summed E-state index contributed by atoms with van der Waals surface area (Å²) >= 11 is 0. The quantitative estimate of drug-likeness (QED) is 0.562. The van der Waals surface area contributed by atoms with E-state index in [2.05, 4.69) is 30.4 Å². The molecule has 1 fully saturated rings. The van der Waals surface area contributed by atoms with Gasteiger partial charge < -0.3 is 24.4 Å². The number of ether oxygens (including phenoxy) is 3. The van der Waals surface area contributed by atoms with E-state index in [-0.39, 0.29) is 5.91 Å². The zero-order valence-electron chi connectivity index (χ0n) is 20.2. The first-order valence-electron chi connectivity index (χ1n) is 11.6. The monoisotopic (exact) mass is 452 g/mol. The summed E-state index contributed by atoms with van der Waals surface area (Å²) in [6, 6.07) is 14.1. The molecule has 2 aromatic rings. The Kier molecular flexibility index (Phi) is 9.19. The molecule has 1 N–H and O–H groups in total. The number of hydrogen-bond donors (Lipinski definition) is 1. The summed E-state index contributed by atoms with van der Waals surface area (Å²) in [6.45, 7) is 4.35. The molecule has 1 aliphatic rings. The molecule has 1 atom stereocenters. The summed E-state index contributed by atoms with van der Waals surface area (Å²) in [5.74, 6) is 1.39. The Bertz CT molecular complexity index is 911. The van der Waals surface area contributed by atoms with Crippen molar-refractivity contribution in [3.05, 3.63) is 59.2 Å². The minimum Gasteiger partial charge on any atom is -0.493 e. The highest BCUT2D eigenvalue weighted by atomic mass is 16.5. The zero-order valence-corrected chi connectivity index (χ0v) is 20.2. The van der Waals surface area contributed by atoms with Gasteiger partial charge in [-0.2, -0.15) is 0 Å². The van der Waals surface area contributed by atoms with E-state index in [1.54, 1.807) is 33.5 Å². The van der Waals surface area contributed by atoms with Gasteiger partial charge in [-0.1, -0.05) is 48.4 Å². The van der Waals surface area contributed by atoms with Crippen molar-refractivity contribution in [2.24, 2.45) is 0 Å². The maximum atomic E-state index is 13.7. The number of nitrogens with zero attached hydrogens (tertiary/aromatic N) is 1. The third kappa shape index (κ3) is 6.75. The smallest absolute Gasteiger partial charge is 0.254 e. The van der Waals surface area contributed by atoms with Crippen molar-refractivity contribution in [2.45, 2.75) is 38.6 Å². The van der Waals surface area contributed by atoms with Crippen LogP contribution in [0.2, 0.25) is 0 Å². The number of piperidine rings is 1. The van der Waals surface area contributed by atoms with E-state index in [0.29, 0.717) is 41.9 Å². The molecule has 1 unspecified atom stereocenters. The molecule has 0 radical (unpaired) electrons. The number of rotatable bonds is 10. The number of carbonyl (C=O) groups is 1. The number of hydrogen-bond acceptors (Lipinski definition) is 5. The van der Waals surface area contributed by atoms with Gasteiger partial charge in [0.1, 0.15) is 0 Å². The molecule has 0 saturated carbocycles. The molecule has 1 heterocycles. The summed E-state index contributed by atoms with van der Waals surface area (Å²) in [6.07, 6.45) is 6.68. The molecule has 2 aromatic carbocycles. The molecule has 0 aliphatic carbocycles. The van der Waals surface area contributed by atoms with E-state index >= 15 is 0 Å². The summed E-state index contributed by atoms with van der Waals surface area (Å²) in [7, 11) is 4.68. The van der Waals surface area contributed by atoms with Gasteiger partial charge in [-0.05, 0) is 50.4 Å². The molecule has 0 spiro atoms. The van der Waals surface area contributed by atoms with Crippen molar-refractivity contribution < 1.29 is 19.0 Å². The van der Waals surface area contributed by atoms with Crippen LogP contribution >= 0.6 is 0 Å². The number of carbonyl (C=O) groups excluding carboxylic acids is 1. The van der Waals surface area contributed by atoms with E-state index in [1.807, 2.05) is 23.1 Å². The second-order valence-corrected chi connectivity index (χ2v) is 8.48. The Morgan fingerprint density at radius 1 is 1.06 bits per heavy atom. The fraction of sp³-hybridized carbons (Fsp3) is 0.444. The van der Waals surface area contributed by atoms with Crippen LogP contribution in [0.5, 0.6) is 17.2 Å². The van der Waals surface area contributed by atoms with E-state index in [0.717, 1.165) is 30.5 Å². The van der Waals surface area contributed by atoms with Gasteiger partial charge in [0.15, 0.2) is 11.5 Å². The lowest BCUT2D eigenvalue weighted by Gasteiger charge is -2.28. The topological polar surface area (TPSA) is 60.0 Å². The van der Waals surface area contributed by atoms with Crippen LogP contribution in [0, 0.1) is 0 Å². The maximum Gasteiger partial charge on any atom is 0.254 e. The number of nitrogens with one attached hydrogen (secondary N) is 1. The van der Waals surface area contributed by atoms with Crippen molar-refractivity contribution in [3.63, 3.8) is 0 Å². The second kappa shape index (κ2) is 12.3. The Hall–Kier alpha value is -2.99. The zero-order chi connectivity index (χ0) is 23.6. The fourth-order valence-electron chi connectivity index (χ4n) is 4.30. The van der Waals surface area contributed by atoms with Crippen LogP contribution in [-0.2, 0) is 0 Å². The van der Waals surface area contributed by atoms with Crippen LogP contribution in [-0.4, -0.2) is 57.8 Å². The van der Waals surface area contributed by atoms with Crippen molar-refractivity contribution >= 4 is 12.0 Å². The van der Waals surface area contributed by atoms with Crippen LogP contribution < -0.4 is 19.5 Å². The minimum absolute atomic E-state index is 0.0501. The average molecular weight is 453 g/mol. The predicted molar refractivity (Wildman–Crippen MR) is 132 cm³/mol. The van der Waals surface area contributed by atoms with Crippen LogP contribution in [0.3, 0.4) is 0 Å². The fourth-order valence-corrected chi connectivity index (χ4v) is 4.30. The van der Waals surface area contributed by atoms with Gasteiger partial charge in [-0.25, -0.2) is 0 Å². The number of benzene rings is 2. The van der Waals surface area contributed by atoms with Crippen LogP contribution in [0.1, 0.15) is 48.5 Å². The first kappa shape index (κ1) is 24.6. The van der Waals surface area contributed by atoms with Crippen LogP contribution in [0.25, 0.3) is 6.08 Å². The molecule has 6 nitrogen and oxygen atoms in total. The highest BCUT2D eigenvalue weighted by Crippen LogP contribution is 2.38. The molecule has 1 amide bonds. The summed E-state index contributed by atoms with van der Waals surface area (Å²) < 4.78 is 16.4. The van der Waals surface area contributed by atoms with Gasteiger partial charge in [0.05, 0.1) is 21.3 Å². The molecule has 1 saturated heterocycles. The molecule has 3 rings (SSSR count). The van der Waals surface area contributed by atoms with Crippen molar-refractivity contribution in [3.8, 4) is 17.2 Å². The van der Waals surface area contributed by atoms with E-state index in [1.165, 1.54) is 12.8 Å². The van der Waals surface area contributed by atoms with Gasteiger partial charge >= 0.3 is 0 Å². The van der Waals surface area contributed by atoms with Crippen LogP contribution in [0.15, 0.2) is 48.0 Å². The lowest BCUT2D eigenvalue weighted by molar-refractivity contribution is 0.0761. The Balaban J connectivity index is 1.85. The van der Waals surface area contributed by atoms with Crippen molar-refractivity contribution in [2.75, 3.05) is 41.0 Å². The Morgan fingerprint density at radius 3 is 2.33 bits per heavy atom. The SMILES string of the molecule is COc1cc(C(=O)N(CCC2CCCCN2)CC(C)=Cc2ccccc2)cc(OC)c1OC. The van der Waals surface area contributed by atoms with Gasteiger partial charge in [0.25, 0.3) is 5.91 Å². The standard InChI is InChI=1S/C27H36N2O4/c1-20(16-21-10-6-5-7-11-21)19-29(15-13-23-12-8-9-14-28-23)27(30)22-17-24(31-2)26(33-4)25(18-22)32-3/h5-7,10-11,16-18,23,28H,8-9,12-15,19H2,1-4H3. The number of amides is 1. The minimum atomic E-state index is -0.0501. The average Bonchev–Trinajstić information content (AvgIpc) is 2.86. The normalized spacial score (nSPS) is 16.2.